The molecule has 0 aliphatic heterocycles. The van der Waals surface area contributed by atoms with Crippen LogP contribution < -0.4 is 0 Å². The molecule has 4 heteroatoms. The molecule has 0 radical (unpaired) electrons. The minimum atomic E-state index is -0.0654. The van der Waals surface area contributed by atoms with Gasteiger partial charge in [-0.15, -0.1) is 0 Å². The first-order valence-corrected chi connectivity index (χ1v) is 9.16. The molecule has 0 N–H and O–H groups in total. The summed E-state index contributed by atoms with van der Waals surface area (Å²) in [5, 5.41) is 4.73. The number of rotatable bonds is 4. The second kappa shape index (κ2) is 7.53. The standard InChI is InChI=1S/C24H21N3O/c1-26(2)24(28)22-17-27(21-11-7-4-8-12-21)25-23(22)20-15-13-19(14-16-20)18-9-5-3-6-10-18/h3-17H,1-2H3. The zero-order valence-electron chi connectivity index (χ0n) is 15.9. The normalized spacial score (nSPS) is 10.6. The van der Waals surface area contributed by atoms with E-state index in [1.807, 2.05) is 60.7 Å². The Kier molecular flexibility index (Phi) is 4.77. The van der Waals surface area contributed by atoms with Gasteiger partial charge in [0.05, 0.1) is 11.3 Å². The largest absolute Gasteiger partial charge is 0.345 e. The van der Waals surface area contributed by atoms with Crippen molar-refractivity contribution >= 4 is 5.91 Å². The third-order valence-electron chi connectivity index (χ3n) is 4.64. The van der Waals surface area contributed by atoms with Gasteiger partial charge in [0, 0.05) is 25.9 Å². The van der Waals surface area contributed by atoms with Gasteiger partial charge in [-0.25, -0.2) is 4.68 Å². The van der Waals surface area contributed by atoms with Crippen molar-refractivity contribution < 1.29 is 4.79 Å². The summed E-state index contributed by atoms with van der Waals surface area (Å²) in [5.41, 5.74) is 5.39. The summed E-state index contributed by atoms with van der Waals surface area (Å²) >= 11 is 0. The molecule has 0 saturated carbocycles. The first-order valence-electron chi connectivity index (χ1n) is 9.16. The van der Waals surface area contributed by atoms with Gasteiger partial charge in [0.2, 0.25) is 0 Å². The van der Waals surface area contributed by atoms with Gasteiger partial charge in [-0.2, -0.15) is 5.10 Å². The van der Waals surface area contributed by atoms with Crippen molar-refractivity contribution in [3.05, 3.63) is 96.7 Å². The van der Waals surface area contributed by atoms with E-state index in [-0.39, 0.29) is 5.91 Å². The summed E-state index contributed by atoms with van der Waals surface area (Å²) in [7, 11) is 3.51. The van der Waals surface area contributed by atoms with Gasteiger partial charge in [0.15, 0.2) is 0 Å². The van der Waals surface area contributed by atoms with E-state index in [4.69, 9.17) is 5.10 Å². The van der Waals surface area contributed by atoms with Crippen molar-refractivity contribution in [3.8, 4) is 28.1 Å². The number of hydrogen-bond acceptors (Lipinski definition) is 2. The van der Waals surface area contributed by atoms with Crippen LogP contribution >= 0.6 is 0 Å². The van der Waals surface area contributed by atoms with Gasteiger partial charge in [-0.1, -0.05) is 72.8 Å². The number of aromatic nitrogens is 2. The van der Waals surface area contributed by atoms with E-state index in [1.54, 1.807) is 29.9 Å². The number of carbonyl (C=O) groups excluding carboxylic acids is 1. The summed E-state index contributed by atoms with van der Waals surface area (Å²) in [4.78, 5) is 14.3. The minimum absolute atomic E-state index is 0.0654. The lowest BCUT2D eigenvalue weighted by Gasteiger charge is -2.10. The highest BCUT2D eigenvalue weighted by atomic mass is 16.2. The number of amides is 1. The second-order valence-electron chi connectivity index (χ2n) is 6.81. The van der Waals surface area contributed by atoms with Crippen LogP contribution in [0.4, 0.5) is 0 Å². The van der Waals surface area contributed by atoms with E-state index in [9.17, 15) is 4.79 Å². The molecule has 4 rings (SSSR count). The molecule has 138 valence electrons. The van der Waals surface area contributed by atoms with Gasteiger partial charge in [0.25, 0.3) is 5.91 Å². The van der Waals surface area contributed by atoms with Gasteiger partial charge >= 0.3 is 0 Å². The highest BCUT2D eigenvalue weighted by molar-refractivity contribution is 5.99. The highest BCUT2D eigenvalue weighted by Gasteiger charge is 2.20. The Labute approximate surface area is 164 Å². The molecule has 3 aromatic carbocycles. The number of nitrogens with zero attached hydrogens (tertiary/aromatic N) is 3. The Bertz CT molecular complexity index is 1080. The highest BCUT2D eigenvalue weighted by Crippen LogP contribution is 2.27. The van der Waals surface area contributed by atoms with Crippen LogP contribution in [-0.4, -0.2) is 34.7 Å². The molecule has 28 heavy (non-hydrogen) atoms. The summed E-state index contributed by atoms with van der Waals surface area (Å²) in [6, 6.07) is 28.2. The lowest BCUT2D eigenvalue weighted by atomic mass is 10.0. The van der Waals surface area contributed by atoms with Crippen molar-refractivity contribution in [2.24, 2.45) is 0 Å². The molecule has 0 spiro atoms. The predicted molar refractivity (Wildman–Crippen MR) is 112 cm³/mol. The fourth-order valence-corrected chi connectivity index (χ4v) is 3.15. The molecule has 0 aliphatic carbocycles. The van der Waals surface area contributed by atoms with Crippen LogP contribution in [-0.2, 0) is 0 Å². The molecule has 0 bridgehead atoms. The fraction of sp³-hybridized carbons (Fsp3) is 0.0833. The molecule has 0 saturated heterocycles. The summed E-state index contributed by atoms with van der Waals surface area (Å²) in [5.74, 6) is -0.0654. The van der Waals surface area contributed by atoms with Crippen LogP contribution in [0.3, 0.4) is 0 Å². The maximum absolute atomic E-state index is 12.7. The Balaban J connectivity index is 1.77. The molecule has 0 fully saturated rings. The molecule has 0 unspecified atom stereocenters. The van der Waals surface area contributed by atoms with Crippen LogP contribution in [0.25, 0.3) is 28.1 Å². The lowest BCUT2D eigenvalue weighted by Crippen LogP contribution is -2.21. The molecule has 1 amide bonds. The van der Waals surface area contributed by atoms with Crippen LogP contribution in [0.2, 0.25) is 0 Å². The quantitative estimate of drug-likeness (QED) is 0.514. The van der Waals surface area contributed by atoms with Gasteiger partial charge in [0.1, 0.15) is 5.69 Å². The zero-order valence-corrected chi connectivity index (χ0v) is 15.9. The first kappa shape index (κ1) is 17.7. The predicted octanol–water partition coefficient (Wildman–Crippen LogP) is 4.91. The van der Waals surface area contributed by atoms with Crippen molar-refractivity contribution in [1.29, 1.82) is 0 Å². The van der Waals surface area contributed by atoms with E-state index >= 15 is 0 Å². The van der Waals surface area contributed by atoms with E-state index in [0.717, 1.165) is 22.4 Å². The average molecular weight is 367 g/mol. The monoisotopic (exact) mass is 367 g/mol. The third kappa shape index (κ3) is 3.45. The summed E-state index contributed by atoms with van der Waals surface area (Å²) < 4.78 is 1.76. The van der Waals surface area contributed by atoms with Gasteiger partial charge in [-0.05, 0) is 23.3 Å². The van der Waals surface area contributed by atoms with Crippen molar-refractivity contribution in [2.45, 2.75) is 0 Å². The zero-order chi connectivity index (χ0) is 19.5. The Hall–Kier alpha value is -3.66. The SMILES string of the molecule is CN(C)C(=O)c1cn(-c2ccccc2)nc1-c1ccc(-c2ccccc2)cc1. The maximum atomic E-state index is 12.7. The van der Waals surface area contributed by atoms with Crippen LogP contribution in [0, 0.1) is 0 Å². The van der Waals surface area contributed by atoms with Gasteiger partial charge < -0.3 is 4.90 Å². The third-order valence-corrected chi connectivity index (χ3v) is 4.64. The molecule has 1 heterocycles. The van der Waals surface area contributed by atoms with Crippen molar-refractivity contribution in [3.63, 3.8) is 0 Å². The molecule has 0 aliphatic rings. The van der Waals surface area contributed by atoms with Crippen LogP contribution in [0.1, 0.15) is 10.4 Å². The van der Waals surface area contributed by atoms with Gasteiger partial charge in [-0.3, -0.25) is 4.79 Å². The number of benzene rings is 3. The number of para-hydroxylation sites is 1. The smallest absolute Gasteiger partial charge is 0.257 e. The topological polar surface area (TPSA) is 38.1 Å². The summed E-state index contributed by atoms with van der Waals surface area (Å²) in [6.07, 6.45) is 1.80. The Morgan fingerprint density at radius 3 is 1.89 bits per heavy atom. The van der Waals surface area contributed by atoms with E-state index in [2.05, 4.69) is 24.3 Å². The molecule has 1 aromatic heterocycles. The first-order chi connectivity index (χ1) is 13.6. The fourth-order valence-electron chi connectivity index (χ4n) is 3.15. The number of hydrogen-bond donors (Lipinski definition) is 0. The molecule has 4 nitrogen and oxygen atoms in total. The minimum Gasteiger partial charge on any atom is -0.345 e. The Morgan fingerprint density at radius 2 is 1.29 bits per heavy atom. The van der Waals surface area contributed by atoms with E-state index < -0.39 is 0 Å². The summed E-state index contributed by atoms with van der Waals surface area (Å²) in [6.45, 7) is 0. The average Bonchev–Trinajstić information content (AvgIpc) is 3.20. The van der Waals surface area contributed by atoms with Crippen molar-refractivity contribution in [1.82, 2.24) is 14.7 Å². The van der Waals surface area contributed by atoms with Crippen LogP contribution in [0.5, 0.6) is 0 Å². The van der Waals surface area contributed by atoms with E-state index in [0.29, 0.717) is 11.3 Å². The van der Waals surface area contributed by atoms with Crippen molar-refractivity contribution in [2.75, 3.05) is 14.1 Å². The molecular formula is C24H21N3O. The molecular weight excluding hydrogens is 346 g/mol. The second-order valence-corrected chi connectivity index (χ2v) is 6.81. The van der Waals surface area contributed by atoms with Crippen LogP contribution in [0.15, 0.2) is 91.1 Å². The molecule has 0 atom stereocenters. The maximum Gasteiger partial charge on any atom is 0.257 e. The lowest BCUT2D eigenvalue weighted by molar-refractivity contribution is 0.0828. The number of carbonyl (C=O) groups is 1. The van der Waals surface area contributed by atoms with E-state index in [1.165, 1.54) is 0 Å². The Morgan fingerprint density at radius 1 is 0.750 bits per heavy atom. The molecule has 4 aromatic rings.